The van der Waals surface area contributed by atoms with Crippen LogP contribution in [0, 0.1) is 0 Å². The zero-order valence-electron chi connectivity index (χ0n) is 13.1. The Morgan fingerprint density at radius 3 is 2.77 bits per heavy atom. The quantitative estimate of drug-likeness (QED) is 0.843. The summed E-state index contributed by atoms with van der Waals surface area (Å²) in [5, 5.41) is 13.7. The molecule has 0 spiro atoms. The number of morpholine rings is 1. The van der Waals surface area contributed by atoms with Gasteiger partial charge in [-0.25, -0.2) is 4.79 Å². The molecular weight excluding hydrogens is 284 g/mol. The van der Waals surface area contributed by atoms with Crippen molar-refractivity contribution in [1.29, 1.82) is 0 Å². The first-order chi connectivity index (χ1) is 10.6. The number of fused-ring (bicyclic) bond motifs is 1. The van der Waals surface area contributed by atoms with Crippen LogP contribution in [-0.2, 0) is 24.2 Å². The fourth-order valence-corrected chi connectivity index (χ4v) is 3.25. The molecule has 3 heterocycles. The number of likely N-dealkylation sites (N-methyl/N-ethyl adjacent to an activating group) is 1. The highest BCUT2D eigenvalue weighted by atomic mass is 16.5. The van der Waals surface area contributed by atoms with Gasteiger partial charge in [0.05, 0.1) is 13.2 Å². The average Bonchev–Trinajstić information content (AvgIpc) is 2.86. The number of carboxylic acid groups (broad SMARTS) is 1. The van der Waals surface area contributed by atoms with Gasteiger partial charge in [-0.3, -0.25) is 9.58 Å². The van der Waals surface area contributed by atoms with Gasteiger partial charge in [0, 0.05) is 56.9 Å². The number of aromatic carboxylic acids is 1. The van der Waals surface area contributed by atoms with Crippen LogP contribution >= 0.6 is 0 Å². The molecule has 0 aromatic carbocycles. The molecule has 1 saturated heterocycles. The van der Waals surface area contributed by atoms with E-state index in [4.69, 9.17) is 4.74 Å². The molecule has 3 rings (SSSR count). The molecule has 1 N–H and O–H groups in total. The monoisotopic (exact) mass is 308 g/mol. The van der Waals surface area contributed by atoms with Crippen LogP contribution in [0.1, 0.15) is 28.2 Å². The molecule has 2 aliphatic rings. The fraction of sp³-hybridized carbons (Fsp3) is 0.733. The van der Waals surface area contributed by atoms with Crippen molar-refractivity contribution in [3.63, 3.8) is 0 Å². The van der Waals surface area contributed by atoms with Crippen LogP contribution in [0.15, 0.2) is 0 Å². The van der Waals surface area contributed by atoms with Crippen molar-refractivity contribution in [2.45, 2.75) is 25.9 Å². The molecule has 2 aliphatic heterocycles. The van der Waals surface area contributed by atoms with E-state index >= 15 is 0 Å². The van der Waals surface area contributed by atoms with Crippen LogP contribution in [0.4, 0.5) is 0 Å². The van der Waals surface area contributed by atoms with Crippen LogP contribution in [0.2, 0.25) is 0 Å². The molecule has 7 nitrogen and oxygen atoms in total. The number of rotatable bonds is 5. The molecule has 122 valence electrons. The van der Waals surface area contributed by atoms with Gasteiger partial charge in [0.1, 0.15) is 0 Å². The molecule has 1 aromatic heterocycles. The van der Waals surface area contributed by atoms with Crippen LogP contribution < -0.4 is 0 Å². The molecule has 7 heteroatoms. The van der Waals surface area contributed by atoms with Crippen LogP contribution in [0.5, 0.6) is 0 Å². The second kappa shape index (κ2) is 6.76. The molecule has 0 amide bonds. The molecule has 0 unspecified atom stereocenters. The van der Waals surface area contributed by atoms with Crippen molar-refractivity contribution < 1.29 is 14.6 Å². The minimum absolute atomic E-state index is 0.230. The Bertz CT molecular complexity index is 537. The van der Waals surface area contributed by atoms with Crippen molar-refractivity contribution in [3.05, 3.63) is 17.0 Å². The average molecular weight is 308 g/mol. The third kappa shape index (κ3) is 3.31. The lowest BCUT2D eigenvalue weighted by atomic mass is 10.1. The van der Waals surface area contributed by atoms with Crippen LogP contribution in [0.3, 0.4) is 0 Å². The Balaban J connectivity index is 1.65. The minimum atomic E-state index is -0.918. The van der Waals surface area contributed by atoms with Crippen molar-refractivity contribution in [2.75, 3.05) is 46.4 Å². The predicted octanol–water partition coefficient (Wildman–Crippen LogP) is 0.292. The summed E-state index contributed by atoms with van der Waals surface area (Å²) in [5.74, 6) is -0.918. The summed E-state index contributed by atoms with van der Waals surface area (Å²) in [7, 11) is 2.02. The molecule has 0 bridgehead atoms. The summed E-state index contributed by atoms with van der Waals surface area (Å²) in [6.07, 6.45) is 1.87. The smallest absolute Gasteiger partial charge is 0.356 e. The Morgan fingerprint density at radius 2 is 2.05 bits per heavy atom. The second-order valence-corrected chi connectivity index (χ2v) is 6.10. The van der Waals surface area contributed by atoms with Crippen molar-refractivity contribution in [2.24, 2.45) is 0 Å². The van der Waals surface area contributed by atoms with Crippen molar-refractivity contribution >= 4 is 5.97 Å². The minimum Gasteiger partial charge on any atom is -0.476 e. The molecule has 0 atom stereocenters. The van der Waals surface area contributed by atoms with E-state index < -0.39 is 5.97 Å². The summed E-state index contributed by atoms with van der Waals surface area (Å²) >= 11 is 0. The zero-order valence-corrected chi connectivity index (χ0v) is 13.1. The fourth-order valence-electron chi connectivity index (χ4n) is 3.25. The van der Waals surface area contributed by atoms with E-state index in [9.17, 15) is 9.90 Å². The maximum atomic E-state index is 11.4. The van der Waals surface area contributed by atoms with E-state index in [1.807, 2.05) is 11.7 Å². The number of aryl methyl sites for hydroxylation is 1. The molecular formula is C15H24N4O3. The van der Waals surface area contributed by atoms with Gasteiger partial charge in [0.15, 0.2) is 5.69 Å². The molecule has 0 saturated carbocycles. The van der Waals surface area contributed by atoms with Gasteiger partial charge in [0.25, 0.3) is 0 Å². The summed E-state index contributed by atoms with van der Waals surface area (Å²) in [5.41, 5.74) is 2.23. The Morgan fingerprint density at radius 1 is 1.27 bits per heavy atom. The normalized spacial score (nSPS) is 20.0. The Kier molecular flexibility index (Phi) is 4.75. The number of hydrogen-bond donors (Lipinski definition) is 1. The zero-order chi connectivity index (χ0) is 15.5. The van der Waals surface area contributed by atoms with Gasteiger partial charge in [0.2, 0.25) is 0 Å². The molecule has 0 aliphatic carbocycles. The summed E-state index contributed by atoms with van der Waals surface area (Å²) < 4.78 is 7.27. The third-order valence-corrected chi connectivity index (χ3v) is 4.48. The van der Waals surface area contributed by atoms with Gasteiger partial charge >= 0.3 is 5.97 Å². The van der Waals surface area contributed by atoms with Crippen LogP contribution in [-0.4, -0.2) is 77.1 Å². The first-order valence-corrected chi connectivity index (χ1v) is 7.95. The van der Waals surface area contributed by atoms with Gasteiger partial charge in [-0.15, -0.1) is 0 Å². The first kappa shape index (κ1) is 15.5. The van der Waals surface area contributed by atoms with Gasteiger partial charge in [-0.2, -0.15) is 5.10 Å². The number of carbonyl (C=O) groups is 1. The SMILES string of the molecule is CN1CCc2c(c(C(=O)O)nn2CCCN2CCOCC2)C1. The topological polar surface area (TPSA) is 70.8 Å². The van der Waals surface area contributed by atoms with Gasteiger partial charge in [-0.05, 0) is 13.5 Å². The standard InChI is InChI=1S/C15H24N4O3/c1-17-6-3-13-12(11-17)14(15(20)21)16-19(13)5-2-4-18-7-9-22-10-8-18/h2-11H2,1H3,(H,20,21). The largest absolute Gasteiger partial charge is 0.476 e. The van der Waals surface area contributed by atoms with E-state index in [0.29, 0.717) is 6.54 Å². The first-order valence-electron chi connectivity index (χ1n) is 7.95. The lowest BCUT2D eigenvalue weighted by Crippen LogP contribution is -2.37. The van der Waals surface area contributed by atoms with Crippen LogP contribution in [0.25, 0.3) is 0 Å². The van der Waals surface area contributed by atoms with Gasteiger partial charge < -0.3 is 14.7 Å². The second-order valence-electron chi connectivity index (χ2n) is 6.10. The number of carboxylic acids is 1. The third-order valence-electron chi connectivity index (χ3n) is 4.48. The van der Waals surface area contributed by atoms with Crippen molar-refractivity contribution in [1.82, 2.24) is 19.6 Å². The molecule has 1 fully saturated rings. The van der Waals surface area contributed by atoms with E-state index in [0.717, 1.165) is 70.0 Å². The maximum absolute atomic E-state index is 11.4. The summed E-state index contributed by atoms with van der Waals surface area (Å²) in [6, 6.07) is 0. The lowest BCUT2D eigenvalue weighted by molar-refractivity contribution is 0.0367. The van der Waals surface area contributed by atoms with E-state index in [-0.39, 0.29) is 5.69 Å². The van der Waals surface area contributed by atoms with E-state index in [1.165, 1.54) is 0 Å². The van der Waals surface area contributed by atoms with E-state index in [2.05, 4.69) is 14.9 Å². The highest BCUT2D eigenvalue weighted by molar-refractivity contribution is 5.87. The molecule has 22 heavy (non-hydrogen) atoms. The lowest BCUT2D eigenvalue weighted by Gasteiger charge is -2.26. The predicted molar refractivity (Wildman–Crippen MR) is 81.1 cm³/mol. The number of ether oxygens (including phenoxy) is 1. The van der Waals surface area contributed by atoms with Crippen molar-refractivity contribution in [3.8, 4) is 0 Å². The highest BCUT2D eigenvalue weighted by Gasteiger charge is 2.26. The summed E-state index contributed by atoms with van der Waals surface area (Å²) in [4.78, 5) is 15.9. The summed E-state index contributed by atoms with van der Waals surface area (Å²) in [6.45, 7) is 7.04. The Hall–Kier alpha value is -1.44. The number of hydrogen-bond acceptors (Lipinski definition) is 5. The van der Waals surface area contributed by atoms with Gasteiger partial charge in [-0.1, -0.05) is 0 Å². The highest BCUT2D eigenvalue weighted by Crippen LogP contribution is 2.22. The molecule has 0 radical (unpaired) electrons. The number of nitrogens with zero attached hydrogens (tertiary/aromatic N) is 4. The maximum Gasteiger partial charge on any atom is 0.356 e. The van der Waals surface area contributed by atoms with E-state index in [1.54, 1.807) is 0 Å². The Labute approximate surface area is 130 Å². The molecule has 1 aromatic rings. The number of aromatic nitrogens is 2.